The summed E-state index contributed by atoms with van der Waals surface area (Å²) in [6.45, 7) is 3.61. The minimum absolute atomic E-state index is 0.146. The Balaban J connectivity index is 2.33. The molecule has 0 amide bonds. The van der Waals surface area contributed by atoms with Gasteiger partial charge in [0.2, 0.25) is 0 Å². The van der Waals surface area contributed by atoms with Gasteiger partial charge in [-0.2, -0.15) is 0 Å². The molecule has 16 heavy (non-hydrogen) atoms. The quantitative estimate of drug-likeness (QED) is 0.694. The highest BCUT2D eigenvalue weighted by molar-refractivity contribution is 5.70. The average molecular weight is 229 g/mol. The van der Waals surface area contributed by atoms with E-state index in [4.69, 9.17) is 9.84 Å². The van der Waals surface area contributed by atoms with Crippen LogP contribution in [0.5, 0.6) is 0 Å². The molecule has 0 spiro atoms. The molecule has 94 valence electrons. The highest BCUT2D eigenvalue weighted by Gasteiger charge is 2.32. The summed E-state index contributed by atoms with van der Waals surface area (Å²) >= 11 is 0. The van der Waals surface area contributed by atoms with E-state index >= 15 is 0 Å². The van der Waals surface area contributed by atoms with E-state index in [9.17, 15) is 4.79 Å². The van der Waals surface area contributed by atoms with Crippen molar-refractivity contribution in [3.05, 3.63) is 0 Å². The van der Waals surface area contributed by atoms with Crippen molar-refractivity contribution >= 4 is 5.97 Å². The average Bonchev–Trinajstić information content (AvgIpc) is 2.72. The largest absolute Gasteiger partial charge is 0.481 e. The second kappa shape index (κ2) is 6.86. The Bertz CT molecular complexity index is 220. The predicted molar refractivity (Wildman–Crippen MR) is 62.4 cm³/mol. The minimum atomic E-state index is -0.635. The molecule has 1 fully saturated rings. The lowest BCUT2D eigenvalue weighted by Crippen LogP contribution is -2.38. The van der Waals surface area contributed by atoms with E-state index in [0.29, 0.717) is 18.6 Å². The van der Waals surface area contributed by atoms with Gasteiger partial charge in [0.25, 0.3) is 0 Å². The molecule has 1 aliphatic rings. The van der Waals surface area contributed by atoms with Crippen LogP contribution in [0.25, 0.3) is 0 Å². The van der Waals surface area contributed by atoms with Crippen molar-refractivity contribution < 1.29 is 14.6 Å². The number of hydrogen-bond donors (Lipinski definition) is 2. The number of rotatable bonds is 7. The molecule has 0 aromatic rings. The van der Waals surface area contributed by atoms with E-state index in [1.165, 1.54) is 0 Å². The van der Waals surface area contributed by atoms with E-state index in [2.05, 4.69) is 12.2 Å². The zero-order chi connectivity index (χ0) is 12.0. The minimum Gasteiger partial charge on any atom is -0.481 e. The van der Waals surface area contributed by atoms with Gasteiger partial charge in [0.15, 0.2) is 0 Å². The van der Waals surface area contributed by atoms with Gasteiger partial charge >= 0.3 is 5.97 Å². The van der Waals surface area contributed by atoms with Crippen LogP contribution in [0.15, 0.2) is 0 Å². The molecular weight excluding hydrogens is 206 g/mol. The van der Waals surface area contributed by atoms with Crippen molar-refractivity contribution in [3.8, 4) is 0 Å². The fourth-order valence-electron chi connectivity index (χ4n) is 2.45. The van der Waals surface area contributed by atoms with Gasteiger partial charge in [-0.15, -0.1) is 0 Å². The number of carboxylic acids is 1. The molecule has 0 aliphatic heterocycles. The van der Waals surface area contributed by atoms with Gasteiger partial charge in [-0.3, -0.25) is 4.79 Å². The van der Waals surface area contributed by atoms with Crippen LogP contribution in [0.1, 0.15) is 32.6 Å². The summed E-state index contributed by atoms with van der Waals surface area (Å²) in [5, 5.41) is 12.5. The monoisotopic (exact) mass is 229 g/mol. The molecule has 1 rings (SSSR count). The van der Waals surface area contributed by atoms with Crippen molar-refractivity contribution in [1.82, 2.24) is 5.32 Å². The molecule has 3 unspecified atom stereocenters. The molecule has 3 atom stereocenters. The van der Waals surface area contributed by atoms with Gasteiger partial charge in [0.05, 0.1) is 12.5 Å². The topological polar surface area (TPSA) is 58.6 Å². The molecule has 0 heterocycles. The van der Waals surface area contributed by atoms with Crippen molar-refractivity contribution in [3.63, 3.8) is 0 Å². The van der Waals surface area contributed by atoms with Crippen LogP contribution in [-0.2, 0) is 9.53 Å². The standard InChI is InChI=1S/C12H23NO3/c1-3-10(8-16-2)13-7-9-5-4-6-11(9)12(14)15/h9-11,13H,3-8H2,1-2H3,(H,14,15). The number of methoxy groups -OCH3 is 1. The number of carbonyl (C=O) groups is 1. The van der Waals surface area contributed by atoms with Gasteiger partial charge in [0.1, 0.15) is 0 Å². The van der Waals surface area contributed by atoms with Crippen molar-refractivity contribution in [2.24, 2.45) is 11.8 Å². The summed E-state index contributed by atoms with van der Waals surface area (Å²) in [4.78, 5) is 11.0. The van der Waals surface area contributed by atoms with Crippen LogP contribution < -0.4 is 5.32 Å². The van der Waals surface area contributed by atoms with Gasteiger partial charge in [0, 0.05) is 13.2 Å². The van der Waals surface area contributed by atoms with Crippen molar-refractivity contribution in [2.45, 2.75) is 38.6 Å². The Morgan fingerprint density at radius 2 is 2.31 bits per heavy atom. The maximum atomic E-state index is 11.0. The number of carboxylic acid groups (broad SMARTS) is 1. The van der Waals surface area contributed by atoms with Crippen LogP contribution >= 0.6 is 0 Å². The molecule has 1 aliphatic carbocycles. The summed E-state index contributed by atoms with van der Waals surface area (Å²) in [7, 11) is 1.69. The van der Waals surface area contributed by atoms with Crippen LogP contribution in [0.2, 0.25) is 0 Å². The highest BCUT2D eigenvalue weighted by Crippen LogP contribution is 2.31. The Hall–Kier alpha value is -0.610. The van der Waals surface area contributed by atoms with E-state index in [-0.39, 0.29) is 5.92 Å². The molecule has 0 bridgehead atoms. The lowest BCUT2D eigenvalue weighted by atomic mass is 9.96. The molecule has 0 aromatic heterocycles. The normalized spacial score (nSPS) is 26.9. The summed E-state index contributed by atoms with van der Waals surface area (Å²) in [5.41, 5.74) is 0. The molecule has 1 saturated carbocycles. The first-order valence-electron chi connectivity index (χ1n) is 6.14. The molecule has 0 radical (unpaired) electrons. The third-order valence-electron chi connectivity index (χ3n) is 3.51. The summed E-state index contributed by atoms with van der Waals surface area (Å²) in [6.07, 6.45) is 3.93. The number of nitrogens with one attached hydrogen (secondary N) is 1. The zero-order valence-corrected chi connectivity index (χ0v) is 10.2. The molecule has 2 N–H and O–H groups in total. The third-order valence-corrected chi connectivity index (χ3v) is 3.51. The van der Waals surface area contributed by atoms with Gasteiger partial charge in [-0.1, -0.05) is 13.3 Å². The predicted octanol–water partition coefficient (Wildman–Crippen LogP) is 1.50. The van der Waals surface area contributed by atoms with E-state index in [1.54, 1.807) is 7.11 Å². The molecule has 4 nitrogen and oxygen atoms in total. The molecule has 0 aromatic carbocycles. The van der Waals surface area contributed by atoms with Crippen LogP contribution in [0, 0.1) is 11.8 Å². The summed E-state index contributed by atoms with van der Waals surface area (Å²) in [6, 6.07) is 0.347. The third kappa shape index (κ3) is 3.76. The Kier molecular flexibility index (Phi) is 5.77. The smallest absolute Gasteiger partial charge is 0.306 e. The summed E-state index contributed by atoms with van der Waals surface area (Å²) in [5.74, 6) is -0.486. The first-order chi connectivity index (χ1) is 7.69. The lowest BCUT2D eigenvalue weighted by Gasteiger charge is -2.21. The van der Waals surface area contributed by atoms with Gasteiger partial charge < -0.3 is 15.2 Å². The first-order valence-corrected chi connectivity index (χ1v) is 6.14. The first kappa shape index (κ1) is 13.5. The fraction of sp³-hybridized carbons (Fsp3) is 0.917. The second-order valence-electron chi connectivity index (χ2n) is 4.60. The Labute approximate surface area is 97.4 Å². The number of aliphatic carboxylic acids is 1. The van der Waals surface area contributed by atoms with Gasteiger partial charge in [-0.25, -0.2) is 0 Å². The van der Waals surface area contributed by atoms with E-state index in [0.717, 1.165) is 32.2 Å². The SMILES string of the molecule is CCC(COC)NCC1CCCC1C(=O)O. The van der Waals surface area contributed by atoms with Crippen LogP contribution in [0.3, 0.4) is 0 Å². The highest BCUT2D eigenvalue weighted by atomic mass is 16.5. The molecule has 0 saturated heterocycles. The number of hydrogen-bond acceptors (Lipinski definition) is 3. The Morgan fingerprint density at radius 1 is 1.56 bits per heavy atom. The van der Waals surface area contributed by atoms with Crippen LogP contribution in [0.4, 0.5) is 0 Å². The van der Waals surface area contributed by atoms with Crippen molar-refractivity contribution in [2.75, 3.05) is 20.3 Å². The Morgan fingerprint density at radius 3 is 2.88 bits per heavy atom. The molecular formula is C12H23NO3. The van der Waals surface area contributed by atoms with Gasteiger partial charge in [-0.05, 0) is 31.7 Å². The number of ether oxygens (including phenoxy) is 1. The van der Waals surface area contributed by atoms with Crippen molar-refractivity contribution in [1.29, 1.82) is 0 Å². The van der Waals surface area contributed by atoms with E-state index < -0.39 is 5.97 Å². The van der Waals surface area contributed by atoms with E-state index in [1.807, 2.05) is 0 Å². The maximum absolute atomic E-state index is 11.0. The fourth-order valence-corrected chi connectivity index (χ4v) is 2.45. The second-order valence-corrected chi connectivity index (χ2v) is 4.60. The van der Waals surface area contributed by atoms with Crippen LogP contribution in [-0.4, -0.2) is 37.4 Å². The molecule has 4 heteroatoms. The maximum Gasteiger partial charge on any atom is 0.306 e. The zero-order valence-electron chi connectivity index (χ0n) is 10.2. The summed E-state index contributed by atoms with van der Waals surface area (Å²) < 4.78 is 5.11. The lowest BCUT2D eigenvalue weighted by molar-refractivity contribution is -0.142.